The van der Waals surface area contributed by atoms with Crippen LogP contribution in [0.1, 0.15) is 40.0 Å². The minimum atomic E-state index is -4.88. The third-order valence-electron chi connectivity index (χ3n) is 4.89. The molecule has 0 spiro atoms. The van der Waals surface area contributed by atoms with Crippen LogP contribution in [0.3, 0.4) is 0 Å². The van der Waals surface area contributed by atoms with Crippen molar-refractivity contribution in [3.63, 3.8) is 0 Å². The van der Waals surface area contributed by atoms with E-state index in [0.717, 1.165) is 18.5 Å². The predicted molar refractivity (Wildman–Crippen MR) is 111 cm³/mol. The minimum absolute atomic E-state index is 0.00521. The highest BCUT2D eigenvalue weighted by molar-refractivity contribution is 7.92. The average Bonchev–Trinajstić information content (AvgIpc) is 2.67. The van der Waals surface area contributed by atoms with Gasteiger partial charge in [-0.25, -0.2) is 22.0 Å². The highest BCUT2D eigenvalue weighted by Gasteiger charge is 2.34. The Labute approximate surface area is 185 Å². The van der Waals surface area contributed by atoms with Crippen LogP contribution >= 0.6 is 0 Å². The Morgan fingerprint density at radius 1 is 1.09 bits per heavy atom. The number of nitrogens with zero attached hydrogens (tertiary/aromatic N) is 1. The van der Waals surface area contributed by atoms with Gasteiger partial charge in [0.1, 0.15) is 17.7 Å². The Morgan fingerprint density at radius 3 is 2.36 bits per heavy atom. The number of halogens is 5. The summed E-state index contributed by atoms with van der Waals surface area (Å²) < 4.78 is 92.0. The average molecular weight is 488 g/mol. The lowest BCUT2D eigenvalue weighted by Crippen LogP contribution is -2.88. The molecular weight excluding hydrogens is 469 g/mol. The van der Waals surface area contributed by atoms with Gasteiger partial charge in [-0.1, -0.05) is 0 Å². The number of quaternary nitrogens is 1. The van der Waals surface area contributed by atoms with E-state index < -0.39 is 45.3 Å². The monoisotopic (exact) mass is 488 g/mol. The maximum atomic E-state index is 14.6. The van der Waals surface area contributed by atoms with E-state index in [1.807, 2.05) is 0 Å². The number of aryl methyl sites for hydroxylation is 1. The zero-order valence-corrected chi connectivity index (χ0v) is 18.4. The number of alkyl halides is 3. The Balaban J connectivity index is 1.85. The number of hydrogen-bond donors (Lipinski definition) is 2. The number of amides is 1. The van der Waals surface area contributed by atoms with E-state index in [4.69, 9.17) is 0 Å². The van der Waals surface area contributed by atoms with Crippen LogP contribution in [0, 0.1) is 18.6 Å². The lowest BCUT2D eigenvalue weighted by atomic mass is 10.0. The number of nitrogens with one attached hydrogen (secondary N) is 1. The number of nitrogens with two attached hydrogens (primary N) is 1. The van der Waals surface area contributed by atoms with E-state index in [-0.39, 0.29) is 27.7 Å². The van der Waals surface area contributed by atoms with Crippen molar-refractivity contribution < 1.29 is 40.5 Å². The van der Waals surface area contributed by atoms with Crippen LogP contribution in [0.15, 0.2) is 36.5 Å². The number of hydrogen-bond acceptors (Lipinski definition) is 4. The van der Waals surface area contributed by atoms with Gasteiger partial charge in [0.05, 0.1) is 28.6 Å². The van der Waals surface area contributed by atoms with E-state index >= 15 is 0 Å². The number of anilines is 1. The number of primary amides is 1. The van der Waals surface area contributed by atoms with Crippen molar-refractivity contribution in [1.29, 1.82) is 0 Å². The van der Waals surface area contributed by atoms with Gasteiger partial charge in [-0.05, 0) is 49.7 Å². The summed E-state index contributed by atoms with van der Waals surface area (Å²) in [5, 5.41) is 1.19. The molecule has 1 aromatic heterocycles. The second-order valence-electron chi connectivity index (χ2n) is 7.63. The minimum Gasteiger partial charge on any atom is -0.283 e. The summed E-state index contributed by atoms with van der Waals surface area (Å²) in [5.74, 6) is -2.81. The van der Waals surface area contributed by atoms with E-state index in [2.05, 4.69) is 9.71 Å². The summed E-state index contributed by atoms with van der Waals surface area (Å²) in [6.07, 6.45) is -2.89. The molecule has 33 heavy (non-hydrogen) atoms. The van der Waals surface area contributed by atoms with E-state index in [9.17, 15) is 35.2 Å². The quantitative estimate of drug-likeness (QED) is 0.536. The molecule has 0 aliphatic carbocycles. The molecule has 0 aliphatic heterocycles. The number of rotatable bonds is 5. The molecular formula is C21H19F5N3O3S+. The lowest BCUT2D eigenvalue weighted by molar-refractivity contribution is -0.597. The van der Waals surface area contributed by atoms with Crippen molar-refractivity contribution in [2.75, 3.05) is 11.0 Å². The van der Waals surface area contributed by atoms with Crippen molar-refractivity contribution in [2.24, 2.45) is 0 Å². The number of pyridine rings is 1. The molecule has 2 aromatic carbocycles. The fourth-order valence-electron chi connectivity index (χ4n) is 3.28. The largest absolute Gasteiger partial charge is 0.419 e. The topological polar surface area (TPSA) is 92.7 Å². The third kappa shape index (κ3) is 5.63. The molecule has 1 atom stereocenters. The van der Waals surface area contributed by atoms with Gasteiger partial charge in [-0.15, -0.1) is 0 Å². The maximum absolute atomic E-state index is 14.6. The SMILES string of the molecule is Cc1cc([C@H](C)[NH2+]C(=O)c2cnc3cc(C(F)(F)F)c(F)cc3c2)c(F)cc1NS(C)(=O)=O. The summed E-state index contributed by atoms with van der Waals surface area (Å²) in [6, 6.07) is 4.11. The van der Waals surface area contributed by atoms with Crippen LogP contribution in [-0.2, 0) is 16.2 Å². The number of fused-ring (bicyclic) bond motifs is 1. The predicted octanol–water partition coefficient (Wildman–Crippen LogP) is 3.68. The van der Waals surface area contributed by atoms with Gasteiger partial charge in [0, 0.05) is 17.1 Å². The van der Waals surface area contributed by atoms with Crippen LogP contribution in [0.5, 0.6) is 0 Å². The van der Waals surface area contributed by atoms with E-state index in [0.29, 0.717) is 17.7 Å². The molecule has 0 radical (unpaired) electrons. The van der Waals surface area contributed by atoms with Crippen molar-refractivity contribution in [1.82, 2.24) is 4.98 Å². The van der Waals surface area contributed by atoms with Gasteiger partial charge in [0.15, 0.2) is 0 Å². The molecule has 0 fully saturated rings. The second-order valence-corrected chi connectivity index (χ2v) is 9.38. The van der Waals surface area contributed by atoms with Crippen molar-refractivity contribution in [2.45, 2.75) is 26.1 Å². The van der Waals surface area contributed by atoms with Gasteiger partial charge in [0.2, 0.25) is 10.0 Å². The summed E-state index contributed by atoms with van der Waals surface area (Å²) in [7, 11) is -3.61. The fourth-order valence-corrected chi connectivity index (χ4v) is 3.90. The molecule has 0 unspecified atom stereocenters. The molecule has 6 nitrogen and oxygen atoms in total. The lowest BCUT2D eigenvalue weighted by Gasteiger charge is -2.15. The standard InChI is InChI=1S/C21H18F5N3O3S/c1-10-4-14(16(22)8-18(10)29-33(3,31)32)11(2)28-20(30)13-5-12-6-17(23)15(21(24,25)26)7-19(12)27-9-13/h4-9,11,29H,1-3H3,(H,28,30)/p+1/t11-/m0/s1. The van der Waals surface area contributed by atoms with Crippen LogP contribution in [0.4, 0.5) is 27.6 Å². The Bertz CT molecular complexity index is 1360. The smallest absolute Gasteiger partial charge is 0.283 e. The Kier molecular flexibility index (Phi) is 6.44. The number of carbonyl (C=O) groups is 1. The van der Waals surface area contributed by atoms with Crippen molar-refractivity contribution in [3.8, 4) is 0 Å². The first kappa shape index (κ1) is 24.5. The molecule has 0 bridgehead atoms. The number of benzene rings is 2. The summed E-state index contributed by atoms with van der Waals surface area (Å²) in [5.41, 5.74) is -0.968. The summed E-state index contributed by atoms with van der Waals surface area (Å²) in [4.78, 5) is 16.5. The third-order valence-corrected chi connectivity index (χ3v) is 5.48. The first-order valence-electron chi connectivity index (χ1n) is 9.49. The zero-order valence-electron chi connectivity index (χ0n) is 17.6. The number of aromatic nitrogens is 1. The first-order valence-corrected chi connectivity index (χ1v) is 11.4. The van der Waals surface area contributed by atoms with Gasteiger partial charge >= 0.3 is 12.1 Å². The van der Waals surface area contributed by atoms with Gasteiger partial charge in [0.25, 0.3) is 0 Å². The van der Waals surface area contributed by atoms with Crippen LogP contribution in [0.2, 0.25) is 0 Å². The Hall–Kier alpha value is -3.12. The van der Waals surface area contributed by atoms with Gasteiger partial charge in [-0.2, -0.15) is 13.2 Å². The molecule has 0 saturated heterocycles. The molecule has 176 valence electrons. The molecule has 12 heteroatoms. The molecule has 3 N–H and O–H groups in total. The van der Waals surface area contributed by atoms with Gasteiger partial charge < -0.3 is 0 Å². The molecule has 0 aliphatic rings. The zero-order chi connectivity index (χ0) is 24.7. The Morgan fingerprint density at radius 2 is 1.76 bits per heavy atom. The van der Waals surface area contributed by atoms with Crippen molar-refractivity contribution >= 4 is 32.5 Å². The second kappa shape index (κ2) is 8.67. The fraction of sp³-hybridized carbons (Fsp3) is 0.238. The highest BCUT2D eigenvalue weighted by Crippen LogP contribution is 2.33. The molecule has 3 rings (SSSR count). The summed E-state index contributed by atoms with van der Waals surface area (Å²) >= 11 is 0. The summed E-state index contributed by atoms with van der Waals surface area (Å²) in [6.45, 7) is 3.12. The molecule has 1 amide bonds. The number of carbonyl (C=O) groups excluding carboxylic acids is 1. The van der Waals surface area contributed by atoms with Crippen LogP contribution < -0.4 is 10.0 Å². The normalized spacial score (nSPS) is 13.2. The van der Waals surface area contributed by atoms with Gasteiger partial charge in [-0.3, -0.25) is 15.0 Å². The number of sulfonamides is 1. The molecule has 1 heterocycles. The van der Waals surface area contributed by atoms with E-state index in [1.54, 1.807) is 13.8 Å². The first-order chi connectivity index (χ1) is 15.2. The molecule has 0 saturated carbocycles. The van der Waals surface area contributed by atoms with Crippen LogP contribution in [0.25, 0.3) is 10.9 Å². The van der Waals surface area contributed by atoms with Crippen LogP contribution in [-0.4, -0.2) is 25.6 Å². The van der Waals surface area contributed by atoms with Crippen molar-refractivity contribution in [3.05, 3.63) is 70.4 Å². The van der Waals surface area contributed by atoms with E-state index in [1.165, 1.54) is 17.4 Å². The maximum Gasteiger partial charge on any atom is 0.419 e. The molecule has 3 aromatic rings. The highest BCUT2D eigenvalue weighted by atomic mass is 32.2.